The van der Waals surface area contributed by atoms with E-state index in [-0.39, 0.29) is 6.03 Å². The molecular formula is C19H21N5O. The van der Waals surface area contributed by atoms with Gasteiger partial charge in [0.05, 0.1) is 11.4 Å². The van der Waals surface area contributed by atoms with Gasteiger partial charge in [0.15, 0.2) is 0 Å². The van der Waals surface area contributed by atoms with Crippen LogP contribution in [0.2, 0.25) is 0 Å². The summed E-state index contributed by atoms with van der Waals surface area (Å²) in [4.78, 5) is 16.0. The molecule has 0 unspecified atom stereocenters. The number of pyridine rings is 1. The number of nitrogens with one attached hydrogen (secondary N) is 2. The molecule has 0 aliphatic heterocycles. The van der Waals surface area contributed by atoms with Crippen LogP contribution in [-0.4, -0.2) is 20.8 Å². The van der Waals surface area contributed by atoms with Gasteiger partial charge in [-0.1, -0.05) is 24.3 Å². The van der Waals surface area contributed by atoms with Crippen LogP contribution in [0.15, 0.2) is 54.9 Å². The molecule has 0 aliphatic rings. The van der Waals surface area contributed by atoms with E-state index in [1.165, 1.54) is 0 Å². The average molecular weight is 335 g/mol. The smallest absolute Gasteiger partial charge is 0.315 e. The summed E-state index contributed by atoms with van der Waals surface area (Å²) in [5, 5.41) is 10.3. The summed E-state index contributed by atoms with van der Waals surface area (Å²) in [6.07, 6.45) is 3.44. The fourth-order valence-electron chi connectivity index (χ4n) is 2.67. The molecule has 1 aromatic carbocycles. The summed E-state index contributed by atoms with van der Waals surface area (Å²) < 4.78 is 1.90. The number of hydrogen-bond acceptors (Lipinski definition) is 3. The summed E-state index contributed by atoms with van der Waals surface area (Å²) >= 11 is 0. The summed E-state index contributed by atoms with van der Waals surface area (Å²) in [7, 11) is 0. The first-order chi connectivity index (χ1) is 12.1. The summed E-state index contributed by atoms with van der Waals surface area (Å²) in [6.45, 7) is 4.85. The summed E-state index contributed by atoms with van der Waals surface area (Å²) in [5.41, 5.74) is 4.93. The van der Waals surface area contributed by atoms with Gasteiger partial charge in [-0.05, 0) is 37.6 Å². The van der Waals surface area contributed by atoms with Gasteiger partial charge in [0, 0.05) is 36.7 Å². The van der Waals surface area contributed by atoms with Crippen molar-refractivity contribution in [3.8, 4) is 5.69 Å². The van der Waals surface area contributed by atoms with Gasteiger partial charge in [0.2, 0.25) is 0 Å². The zero-order valence-electron chi connectivity index (χ0n) is 14.4. The van der Waals surface area contributed by atoms with Gasteiger partial charge >= 0.3 is 6.03 Å². The van der Waals surface area contributed by atoms with Crippen molar-refractivity contribution in [3.05, 3.63) is 77.4 Å². The topological polar surface area (TPSA) is 71.8 Å². The fraction of sp³-hybridized carbons (Fsp3) is 0.211. The van der Waals surface area contributed by atoms with Gasteiger partial charge in [-0.25, -0.2) is 9.48 Å². The van der Waals surface area contributed by atoms with Crippen molar-refractivity contribution in [1.82, 2.24) is 25.4 Å². The molecular weight excluding hydrogens is 314 g/mol. The molecule has 2 N–H and O–H groups in total. The van der Waals surface area contributed by atoms with Crippen molar-refractivity contribution in [3.63, 3.8) is 0 Å². The lowest BCUT2D eigenvalue weighted by atomic mass is 10.2. The third-order valence-corrected chi connectivity index (χ3v) is 4.04. The summed E-state index contributed by atoms with van der Waals surface area (Å²) in [6, 6.07) is 13.5. The predicted molar refractivity (Wildman–Crippen MR) is 96.4 cm³/mol. The number of aryl methyl sites for hydroxylation is 1. The maximum atomic E-state index is 12.0. The Bertz CT molecular complexity index is 843. The highest BCUT2D eigenvalue weighted by atomic mass is 16.2. The highest BCUT2D eigenvalue weighted by Gasteiger charge is 2.13. The van der Waals surface area contributed by atoms with E-state index in [4.69, 9.17) is 0 Å². The molecule has 0 fully saturated rings. The van der Waals surface area contributed by atoms with Gasteiger partial charge in [0.1, 0.15) is 0 Å². The van der Waals surface area contributed by atoms with Gasteiger partial charge in [-0.15, -0.1) is 0 Å². The number of aromatic nitrogens is 3. The first kappa shape index (κ1) is 16.7. The quantitative estimate of drug-likeness (QED) is 0.753. The Labute approximate surface area is 146 Å². The van der Waals surface area contributed by atoms with Crippen molar-refractivity contribution in [2.24, 2.45) is 0 Å². The highest BCUT2D eigenvalue weighted by molar-refractivity contribution is 5.73. The van der Waals surface area contributed by atoms with E-state index in [2.05, 4.69) is 20.7 Å². The molecule has 0 radical (unpaired) electrons. The van der Waals surface area contributed by atoms with Crippen LogP contribution >= 0.6 is 0 Å². The molecule has 2 heterocycles. The lowest BCUT2D eigenvalue weighted by Gasteiger charge is -2.08. The standard InChI is InChI=1S/C19H21N5O/c1-14-18(15(2)24(23-14)17-8-4-3-5-9-17)13-22-19(25)21-12-16-7-6-10-20-11-16/h3-11H,12-13H2,1-2H3,(H2,21,22,25). The second-order valence-electron chi connectivity index (χ2n) is 5.79. The van der Waals surface area contributed by atoms with Crippen molar-refractivity contribution in [2.45, 2.75) is 26.9 Å². The average Bonchev–Trinajstić information content (AvgIpc) is 2.94. The van der Waals surface area contributed by atoms with E-state index in [0.29, 0.717) is 13.1 Å². The maximum absolute atomic E-state index is 12.0. The molecule has 0 saturated carbocycles. The number of nitrogens with zero attached hydrogens (tertiary/aromatic N) is 3. The zero-order valence-corrected chi connectivity index (χ0v) is 14.4. The lowest BCUT2D eigenvalue weighted by Crippen LogP contribution is -2.34. The van der Waals surface area contributed by atoms with E-state index in [9.17, 15) is 4.79 Å². The van der Waals surface area contributed by atoms with Crippen LogP contribution in [0, 0.1) is 13.8 Å². The molecule has 0 aliphatic carbocycles. The van der Waals surface area contributed by atoms with Crippen LogP contribution in [-0.2, 0) is 13.1 Å². The zero-order chi connectivity index (χ0) is 17.6. The second kappa shape index (κ2) is 7.61. The maximum Gasteiger partial charge on any atom is 0.315 e. The normalized spacial score (nSPS) is 10.5. The van der Waals surface area contributed by atoms with E-state index < -0.39 is 0 Å². The molecule has 3 aromatic rings. The minimum Gasteiger partial charge on any atom is -0.334 e. The molecule has 2 amide bonds. The largest absolute Gasteiger partial charge is 0.334 e. The van der Waals surface area contributed by atoms with Crippen molar-refractivity contribution in [1.29, 1.82) is 0 Å². The minimum atomic E-state index is -0.213. The third kappa shape index (κ3) is 4.03. The number of carbonyl (C=O) groups is 1. The number of para-hydroxylation sites is 1. The van der Waals surface area contributed by atoms with Crippen LogP contribution < -0.4 is 10.6 Å². The molecule has 128 valence electrons. The monoisotopic (exact) mass is 335 g/mol. The molecule has 3 rings (SSSR count). The van der Waals surface area contributed by atoms with Crippen LogP contribution in [0.1, 0.15) is 22.5 Å². The number of carbonyl (C=O) groups excluding carboxylic acids is 1. The molecule has 6 nitrogen and oxygen atoms in total. The minimum absolute atomic E-state index is 0.213. The summed E-state index contributed by atoms with van der Waals surface area (Å²) in [5.74, 6) is 0. The van der Waals surface area contributed by atoms with Crippen LogP contribution in [0.4, 0.5) is 4.79 Å². The third-order valence-electron chi connectivity index (χ3n) is 4.04. The predicted octanol–water partition coefficient (Wildman–Crippen LogP) is 2.88. The van der Waals surface area contributed by atoms with Crippen LogP contribution in [0.25, 0.3) is 5.69 Å². The van der Waals surface area contributed by atoms with Gasteiger partial charge < -0.3 is 10.6 Å². The van der Waals surface area contributed by atoms with Gasteiger partial charge in [-0.2, -0.15) is 5.10 Å². The molecule has 0 atom stereocenters. The van der Waals surface area contributed by atoms with Crippen molar-refractivity contribution in [2.75, 3.05) is 0 Å². The molecule has 0 bridgehead atoms. The van der Waals surface area contributed by atoms with Gasteiger partial charge in [0.25, 0.3) is 0 Å². The molecule has 6 heteroatoms. The Morgan fingerprint density at radius 2 is 1.80 bits per heavy atom. The Hall–Kier alpha value is -3.15. The Balaban J connectivity index is 1.61. The van der Waals surface area contributed by atoms with E-state index in [0.717, 1.165) is 28.2 Å². The number of benzene rings is 1. The number of rotatable bonds is 5. The molecule has 0 saturated heterocycles. The van der Waals surface area contributed by atoms with Crippen LogP contribution in [0.3, 0.4) is 0 Å². The highest BCUT2D eigenvalue weighted by Crippen LogP contribution is 2.17. The van der Waals surface area contributed by atoms with E-state index in [1.54, 1.807) is 12.4 Å². The SMILES string of the molecule is Cc1nn(-c2ccccc2)c(C)c1CNC(=O)NCc1cccnc1. The van der Waals surface area contributed by atoms with Crippen molar-refractivity contribution < 1.29 is 4.79 Å². The van der Waals surface area contributed by atoms with E-state index >= 15 is 0 Å². The fourth-order valence-corrected chi connectivity index (χ4v) is 2.67. The Kier molecular flexibility index (Phi) is 5.09. The van der Waals surface area contributed by atoms with Crippen LogP contribution in [0.5, 0.6) is 0 Å². The molecule has 0 spiro atoms. The Morgan fingerprint density at radius 1 is 1.04 bits per heavy atom. The lowest BCUT2D eigenvalue weighted by molar-refractivity contribution is 0.240. The number of amides is 2. The first-order valence-corrected chi connectivity index (χ1v) is 8.16. The second-order valence-corrected chi connectivity index (χ2v) is 5.79. The molecule has 2 aromatic heterocycles. The van der Waals surface area contributed by atoms with Gasteiger partial charge in [-0.3, -0.25) is 4.98 Å². The van der Waals surface area contributed by atoms with E-state index in [1.807, 2.05) is 61.0 Å². The molecule has 25 heavy (non-hydrogen) atoms. The first-order valence-electron chi connectivity index (χ1n) is 8.16. The van der Waals surface area contributed by atoms with Crippen molar-refractivity contribution >= 4 is 6.03 Å². The number of hydrogen-bond donors (Lipinski definition) is 2. The Morgan fingerprint density at radius 3 is 2.52 bits per heavy atom. The number of urea groups is 1.